The van der Waals surface area contributed by atoms with E-state index in [2.05, 4.69) is 74.2 Å². The molecule has 2 aliphatic heterocycles. The van der Waals surface area contributed by atoms with Gasteiger partial charge in [-0.1, -0.05) is 21.1 Å². The van der Waals surface area contributed by atoms with Gasteiger partial charge in [-0.3, -0.25) is 4.79 Å². The first kappa shape index (κ1) is 29.4. The Kier molecular flexibility index (Phi) is 10.7. The van der Waals surface area contributed by atoms with E-state index < -0.39 is 24.1 Å². The third-order valence-corrected chi connectivity index (χ3v) is 7.58. The summed E-state index contributed by atoms with van der Waals surface area (Å²) in [6.07, 6.45) is -0.0356. The lowest BCUT2D eigenvalue weighted by atomic mass is 10.0. The van der Waals surface area contributed by atoms with Crippen LogP contribution in [0.3, 0.4) is 0 Å². The zero-order chi connectivity index (χ0) is 26.5. The lowest BCUT2D eigenvalue weighted by Gasteiger charge is -2.27. The van der Waals surface area contributed by atoms with Crippen molar-refractivity contribution in [2.45, 2.75) is 31.0 Å². The van der Waals surface area contributed by atoms with Crippen molar-refractivity contribution in [1.82, 2.24) is 5.32 Å². The Hall–Kier alpha value is -1.16. The van der Waals surface area contributed by atoms with Gasteiger partial charge in [0.05, 0.1) is 33.6 Å². The molecule has 2 heterocycles. The van der Waals surface area contributed by atoms with Crippen molar-refractivity contribution in [3.05, 3.63) is 47.6 Å². The smallest absolute Gasteiger partial charge is 0.311 e. The molecule has 1 aromatic carbocycles. The van der Waals surface area contributed by atoms with Crippen molar-refractivity contribution in [2.75, 3.05) is 34.5 Å². The first-order valence-electron chi connectivity index (χ1n) is 10.5. The van der Waals surface area contributed by atoms with E-state index in [9.17, 15) is 9.90 Å². The molecule has 1 spiro atoms. The van der Waals surface area contributed by atoms with Gasteiger partial charge in [-0.25, -0.2) is 0 Å². The van der Waals surface area contributed by atoms with Gasteiger partial charge in [-0.2, -0.15) is 0 Å². The number of amides is 1. The van der Waals surface area contributed by atoms with Crippen LogP contribution in [0, 0.1) is 0 Å². The van der Waals surface area contributed by atoms with Crippen LogP contribution in [0.2, 0.25) is 0 Å². The minimum atomic E-state index is -1.59. The van der Waals surface area contributed by atoms with E-state index in [-0.39, 0.29) is 18.7 Å². The number of ether oxygens (including phenoxy) is 5. The molecule has 36 heavy (non-hydrogen) atoms. The van der Waals surface area contributed by atoms with Crippen molar-refractivity contribution in [1.29, 1.82) is 0 Å². The third kappa shape index (κ3) is 6.45. The quantitative estimate of drug-likeness (QED) is 0.260. The van der Waals surface area contributed by atoms with Gasteiger partial charge in [0.1, 0.15) is 17.8 Å². The number of methoxy groups -OCH3 is 3. The summed E-state index contributed by atoms with van der Waals surface area (Å²) in [5.74, 6) is -1.07. The minimum Gasteiger partial charge on any atom is -0.495 e. The van der Waals surface area contributed by atoms with Crippen LogP contribution in [-0.4, -0.2) is 63.1 Å². The molecule has 1 amide bonds. The molecule has 10 nitrogen and oxygen atoms in total. The lowest BCUT2D eigenvalue weighted by Crippen LogP contribution is -2.49. The van der Waals surface area contributed by atoms with E-state index in [0.717, 1.165) is 14.5 Å². The zero-order valence-electron chi connectivity index (χ0n) is 19.5. The summed E-state index contributed by atoms with van der Waals surface area (Å²) >= 11 is 13.7. The molecule has 14 heteroatoms. The van der Waals surface area contributed by atoms with Gasteiger partial charge in [0.15, 0.2) is 18.1 Å². The van der Waals surface area contributed by atoms with Crippen molar-refractivity contribution >= 4 is 75.3 Å². The van der Waals surface area contributed by atoms with Gasteiger partial charge in [-0.15, -0.1) is 0 Å². The summed E-state index contributed by atoms with van der Waals surface area (Å²) in [6.45, 7) is 0.605. The first-order valence-corrected chi connectivity index (χ1v) is 13.7. The predicted octanol–water partition coefficient (Wildman–Crippen LogP) is 4.74. The van der Waals surface area contributed by atoms with Crippen molar-refractivity contribution < 1.29 is 38.4 Å². The second-order valence-electron chi connectivity index (χ2n) is 7.56. The van der Waals surface area contributed by atoms with Crippen LogP contribution in [0.5, 0.6) is 5.75 Å². The molecule has 2 atom stereocenters. The third-order valence-electron chi connectivity index (χ3n) is 5.21. The fourth-order valence-electron chi connectivity index (χ4n) is 3.46. The summed E-state index contributed by atoms with van der Waals surface area (Å²) in [7, 11) is 4.62. The van der Waals surface area contributed by atoms with Crippen LogP contribution in [-0.2, 0) is 28.6 Å². The molecule has 198 valence electrons. The number of rotatable bonds is 10. The number of carbonyl (C=O) groups excluding carboxylic acids is 1. The molecule has 2 N–H and O–H groups in total. The highest BCUT2D eigenvalue weighted by Crippen LogP contribution is 2.41. The lowest BCUT2D eigenvalue weighted by molar-refractivity contribution is -0.225. The summed E-state index contributed by atoms with van der Waals surface area (Å²) in [6, 6.07) is 3.70. The van der Waals surface area contributed by atoms with Crippen LogP contribution in [0.25, 0.3) is 0 Å². The number of nitrogens with zero attached hydrogens (tertiary/aromatic N) is 1. The highest BCUT2D eigenvalue weighted by Gasteiger charge is 2.54. The van der Waals surface area contributed by atoms with Crippen LogP contribution < -0.4 is 10.1 Å². The number of halogens is 4. The molecule has 0 aliphatic carbocycles. The van der Waals surface area contributed by atoms with E-state index in [1.807, 2.05) is 12.1 Å². The standard InChI is InChI=1S/C22H24Br4N2O8/c1-31-17-14(25)9-22(35-10-15(17)26)19(29)16(28-36-22)20(30)27-5-4-6-34-18-12(23)7-11(8-13(18)24)21(32-2)33-3/h7-8,10,19,21,29H,4-6,9H2,1-3H3,(H,27,30)/t19-,22-/m0/s1. The monoisotopic (exact) mass is 760 g/mol. The van der Waals surface area contributed by atoms with Crippen LogP contribution in [0.4, 0.5) is 0 Å². The van der Waals surface area contributed by atoms with Crippen molar-refractivity contribution in [3.8, 4) is 5.75 Å². The fourth-order valence-corrected chi connectivity index (χ4v) is 6.43. The molecular formula is C22H24Br4N2O8. The minimum absolute atomic E-state index is 0.0646. The number of benzene rings is 1. The van der Waals surface area contributed by atoms with E-state index >= 15 is 0 Å². The number of oxime groups is 1. The van der Waals surface area contributed by atoms with E-state index in [1.165, 1.54) is 13.4 Å². The molecule has 0 saturated heterocycles. The van der Waals surface area contributed by atoms with Gasteiger partial charge < -0.3 is 38.9 Å². The predicted molar refractivity (Wildman–Crippen MR) is 145 cm³/mol. The molecule has 0 radical (unpaired) electrons. The Labute approximate surface area is 241 Å². The number of nitrogens with one attached hydrogen (secondary N) is 1. The van der Waals surface area contributed by atoms with Crippen molar-refractivity contribution in [3.63, 3.8) is 0 Å². The molecule has 0 aromatic heterocycles. The normalized spacial score (nSPS) is 21.5. The Morgan fingerprint density at radius 1 is 1.22 bits per heavy atom. The number of aliphatic hydroxyl groups is 1. The maximum Gasteiger partial charge on any atom is 0.311 e. The summed E-state index contributed by atoms with van der Waals surface area (Å²) in [5.41, 5.74) is 0.629. The molecular weight excluding hydrogens is 740 g/mol. The average molecular weight is 764 g/mol. The van der Waals surface area contributed by atoms with E-state index in [0.29, 0.717) is 33.5 Å². The van der Waals surface area contributed by atoms with Gasteiger partial charge in [0, 0.05) is 30.8 Å². The second kappa shape index (κ2) is 13.1. The Bertz CT molecular complexity index is 1050. The molecule has 0 bridgehead atoms. The zero-order valence-corrected chi connectivity index (χ0v) is 25.8. The average Bonchev–Trinajstić information content (AvgIpc) is 3.08. The van der Waals surface area contributed by atoms with E-state index in [4.69, 9.17) is 28.5 Å². The van der Waals surface area contributed by atoms with Gasteiger partial charge in [0.2, 0.25) is 0 Å². The van der Waals surface area contributed by atoms with Crippen LogP contribution in [0.1, 0.15) is 24.7 Å². The number of allylic oxidation sites excluding steroid dienone is 1. The van der Waals surface area contributed by atoms with Crippen LogP contribution >= 0.6 is 63.7 Å². The molecule has 0 saturated carbocycles. The highest BCUT2D eigenvalue weighted by molar-refractivity contribution is 9.12. The second-order valence-corrected chi connectivity index (χ2v) is 11.1. The molecule has 0 fully saturated rings. The highest BCUT2D eigenvalue weighted by atomic mass is 79.9. The largest absolute Gasteiger partial charge is 0.495 e. The summed E-state index contributed by atoms with van der Waals surface area (Å²) in [4.78, 5) is 18.0. The number of hydrogen-bond acceptors (Lipinski definition) is 9. The SMILES string of the molecule is COC1=C(Br)C[C@]2(OC=C1Br)ON=C(C(=O)NCCCOc1c(Br)cc(C(OC)OC)cc1Br)[C@@H]2O. The molecule has 1 aromatic rings. The Morgan fingerprint density at radius 3 is 2.50 bits per heavy atom. The maximum atomic E-state index is 12.6. The summed E-state index contributed by atoms with van der Waals surface area (Å²) in [5, 5.41) is 17.3. The van der Waals surface area contributed by atoms with Gasteiger partial charge in [0.25, 0.3) is 5.91 Å². The van der Waals surface area contributed by atoms with Crippen molar-refractivity contribution in [2.24, 2.45) is 5.16 Å². The summed E-state index contributed by atoms with van der Waals surface area (Å²) < 4.78 is 29.9. The van der Waals surface area contributed by atoms with E-state index in [1.54, 1.807) is 14.2 Å². The van der Waals surface area contributed by atoms with Crippen LogP contribution in [0.15, 0.2) is 47.2 Å². The molecule has 2 aliphatic rings. The number of hydrogen-bond donors (Lipinski definition) is 2. The van der Waals surface area contributed by atoms with Gasteiger partial charge in [-0.05, 0) is 66.3 Å². The fraction of sp³-hybridized carbons (Fsp3) is 0.455. The first-order chi connectivity index (χ1) is 17.2. The van der Waals surface area contributed by atoms with Gasteiger partial charge >= 0.3 is 5.79 Å². The Morgan fingerprint density at radius 2 is 1.89 bits per heavy atom. The maximum absolute atomic E-state index is 12.6. The Balaban J connectivity index is 1.51. The topological polar surface area (TPSA) is 117 Å². The number of aliphatic hydroxyl groups excluding tert-OH is 1. The molecule has 3 rings (SSSR count). The number of carbonyl (C=O) groups is 1. The molecule has 0 unspecified atom stereocenters.